The SMILES string of the molecule is NNC(c1cc2c(s1)CCSC2)c1cccc2ccsc12. The first-order chi connectivity index (χ1) is 10.4. The summed E-state index contributed by atoms with van der Waals surface area (Å²) in [7, 11) is 0. The van der Waals surface area contributed by atoms with Crippen molar-refractivity contribution in [2.75, 3.05) is 5.75 Å². The molecule has 3 heterocycles. The topological polar surface area (TPSA) is 38.0 Å². The molecular weight excluding hydrogens is 316 g/mol. The van der Waals surface area contributed by atoms with E-state index in [2.05, 4.69) is 41.1 Å². The van der Waals surface area contributed by atoms with Gasteiger partial charge in [0.2, 0.25) is 0 Å². The molecule has 3 aromatic rings. The Hall–Kier alpha value is -0.850. The zero-order chi connectivity index (χ0) is 14.2. The number of thiophene rings is 2. The highest BCUT2D eigenvalue weighted by atomic mass is 32.2. The third-order valence-electron chi connectivity index (χ3n) is 3.92. The largest absolute Gasteiger partial charge is 0.271 e. The molecule has 5 heteroatoms. The molecule has 1 aromatic carbocycles. The van der Waals surface area contributed by atoms with Crippen LogP contribution in [0.1, 0.15) is 26.9 Å². The molecule has 0 aliphatic carbocycles. The first-order valence-corrected chi connectivity index (χ1v) is 9.83. The van der Waals surface area contributed by atoms with Gasteiger partial charge in [-0.1, -0.05) is 18.2 Å². The minimum Gasteiger partial charge on any atom is -0.271 e. The molecule has 0 amide bonds. The molecule has 21 heavy (non-hydrogen) atoms. The molecule has 0 spiro atoms. The smallest absolute Gasteiger partial charge is 0.0816 e. The molecule has 0 saturated heterocycles. The van der Waals surface area contributed by atoms with Gasteiger partial charge in [0.05, 0.1) is 6.04 Å². The number of nitrogens with two attached hydrogens (primary N) is 1. The van der Waals surface area contributed by atoms with Gasteiger partial charge in [0, 0.05) is 20.2 Å². The van der Waals surface area contributed by atoms with Crippen LogP contribution in [0.4, 0.5) is 0 Å². The van der Waals surface area contributed by atoms with Gasteiger partial charge >= 0.3 is 0 Å². The average molecular weight is 333 g/mol. The van der Waals surface area contributed by atoms with Gasteiger partial charge in [-0.05, 0) is 46.2 Å². The van der Waals surface area contributed by atoms with E-state index in [1.165, 1.54) is 38.3 Å². The van der Waals surface area contributed by atoms with Crippen LogP contribution in [0.25, 0.3) is 10.1 Å². The Balaban J connectivity index is 1.81. The van der Waals surface area contributed by atoms with Crippen LogP contribution in [0.15, 0.2) is 35.7 Å². The highest BCUT2D eigenvalue weighted by molar-refractivity contribution is 7.98. The maximum Gasteiger partial charge on any atom is 0.0816 e. The lowest BCUT2D eigenvalue weighted by Crippen LogP contribution is -2.28. The molecule has 1 aliphatic heterocycles. The third-order valence-corrected chi connectivity index (χ3v) is 7.21. The van der Waals surface area contributed by atoms with Gasteiger partial charge in [0.25, 0.3) is 0 Å². The van der Waals surface area contributed by atoms with Crippen LogP contribution in [0.3, 0.4) is 0 Å². The Bertz CT molecular complexity index is 751. The van der Waals surface area contributed by atoms with Crippen LogP contribution in [0, 0.1) is 0 Å². The summed E-state index contributed by atoms with van der Waals surface area (Å²) in [6.45, 7) is 0. The third kappa shape index (κ3) is 2.43. The number of fused-ring (bicyclic) bond motifs is 2. The number of aryl methyl sites for hydroxylation is 1. The number of thioether (sulfide) groups is 1. The Kier molecular flexibility index (Phi) is 3.77. The number of hydrogen-bond donors (Lipinski definition) is 2. The highest BCUT2D eigenvalue weighted by Gasteiger charge is 2.21. The molecule has 0 bridgehead atoms. The molecule has 4 rings (SSSR count). The summed E-state index contributed by atoms with van der Waals surface area (Å²) in [6.07, 6.45) is 1.20. The van der Waals surface area contributed by atoms with Crippen LogP contribution >= 0.6 is 34.4 Å². The predicted octanol–water partition coefficient (Wildman–Crippen LogP) is 4.30. The number of benzene rings is 1. The van der Waals surface area contributed by atoms with Gasteiger partial charge in [0.1, 0.15) is 0 Å². The fraction of sp³-hybridized carbons (Fsp3) is 0.250. The summed E-state index contributed by atoms with van der Waals surface area (Å²) in [5, 5.41) is 3.45. The van der Waals surface area contributed by atoms with Gasteiger partial charge < -0.3 is 0 Å². The molecule has 1 atom stereocenters. The number of nitrogens with one attached hydrogen (secondary N) is 1. The number of hydrogen-bond acceptors (Lipinski definition) is 5. The molecule has 2 aromatic heterocycles. The van der Waals surface area contributed by atoms with Gasteiger partial charge in [-0.25, -0.2) is 5.43 Å². The van der Waals surface area contributed by atoms with Crippen LogP contribution in [0.2, 0.25) is 0 Å². The van der Waals surface area contributed by atoms with Crippen molar-refractivity contribution in [3.8, 4) is 0 Å². The molecule has 0 saturated carbocycles. The summed E-state index contributed by atoms with van der Waals surface area (Å²) in [4.78, 5) is 2.88. The summed E-state index contributed by atoms with van der Waals surface area (Å²) in [6, 6.07) is 11.1. The zero-order valence-corrected chi connectivity index (χ0v) is 13.9. The van der Waals surface area contributed by atoms with E-state index >= 15 is 0 Å². The van der Waals surface area contributed by atoms with E-state index in [1.54, 1.807) is 16.2 Å². The van der Waals surface area contributed by atoms with Crippen molar-refractivity contribution in [2.45, 2.75) is 18.2 Å². The van der Waals surface area contributed by atoms with E-state index in [0.29, 0.717) is 0 Å². The maximum absolute atomic E-state index is 5.91. The first kappa shape index (κ1) is 13.8. The van der Waals surface area contributed by atoms with Gasteiger partial charge in [0.15, 0.2) is 0 Å². The van der Waals surface area contributed by atoms with E-state index in [0.717, 1.165) is 5.75 Å². The fourth-order valence-corrected chi connectivity index (χ4v) is 6.28. The summed E-state index contributed by atoms with van der Waals surface area (Å²) in [5.74, 6) is 8.30. The highest BCUT2D eigenvalue weighted by Crippen LogP contribution is 2.38. The Morgan fingerprint density at radius 3 is 3.05 bits per heavy atom. The second-order valence-electron chi connectivity index (χ2n) is 5.19. The minimum absolute atomic E-state index is 0.0907. The molecule has 1 aliphatic rings. The van der Waals surface area contributed by atoms with E-state index in [4.69, 9.17) is 5.84 Å². The quantitative estimate of drug-likeness (QED) is 0.554. The van der Waals surface area contributed by atoms with E-state index < -0.39 is 0 Å². The summed E-state index contributed by atoms with van der Waals surface area (Å²) in [5.41, 5.74) is 5.83. The molecule has 0 radical (unpaired) electrons. The van der Waals surface area contributed by atoms with Crippen molar-refractivity contribution in [3.05, 3.63) is 56.6 Å². The lowest BCUT2D eigenvalue weighted by Gasteiger charge is -2.15. The van der Waals surface area contributed by atoms with Crippen molar-refractivity contribution >= 4 is 44.5 Å². The van der Waals surface area contributed by atoms with E-state index in [9.17, 15) is 0 Å². The van der Waals surface area contributed by atoms with Crippen LogP contribution < -0.4 is 11.3 Å². The lowest BCUT2D eigenvalue weighted by atomic mass is 10.0. The van der Waals surface area contributed by atoms with Crippen molar-refractivity contribution < 1.29 is 0 Å². The van der Waals surface area contributed by atoms with Crippen molar-refractivity contribution in [1.82, 2.24) is 5.43 Å². The maximum atomic E-state index is 5.91. The lowest BCUT2D eigenvalue weighted by molar-refractivity contribution is 0.651. The molecule has 2 nitrogen and oxygen atoms in total. The first-order valence-electron chi connectivity index (χ1n) is 6.98. The van der Waals surface area contributed by atoms with Crippen LogP contribution in [0.5, 0.6) is 0 Å². The van der Waals surface area contributed by atoms with Crippen LogP contribution in [-0.2, 0) is 12.2 Å². The molecule has 108 valence electrons. The van der Waals surface area contributed by atoms with Crippen molar-refractivity contribution in [3.63, 3.8) is 0 Å². The normalized spacial score (nSPS) is 16.0. The fourth-order valence-electron chi connectivity index (χ4n) is 2.88. The van der Waals surface area contributed by atoms with Gasteiger partial charge in [-0.2, -0.15) is 11.8 Å². The Morgan fingerprint density at radius 1 is 1.24 bits per heavy atom. The average Bonchev–Trinajstić information content (AvgIpc) is 3.14. The van der Waals surface area contributed by atoms with Gasteiger partial charge in [-0.15, -0.1) is 22.7 Å². The van der Waals surface area contributed by atoms with Crippen molar-refractivity contribution in [1.29, 1.82) is 0 Å². The monoisotopic (exact) mass is 332 g/mol. The zero-order valence-electron chi connectivity index (χ0n) is 11.5. The summed E-state index contributed by atoms with van der Waals surface area (Å²) < 4.78 is 1.33. The molecule has 0 fully saturated rings. The number of hydrazine groups is 1. The summed E-state index contributed by atoms with van der Waals surface area (Å²) >= 11 is 5.74. The van der Waals surface area contributed by atoms with E-state index in [-0.39, 0.29) is 6.04 Å². The predicted molar refractivity (Wildman–Crippen MR) is 95.2 cm³/mol. The molecule has 1 unspecified atom stereocenters. The second-order valence-corrected chi connectivity index (χ2v) is 8.38. The van der Waals surface area contributed by atoms with Gasteiger partial charge in [-0.3, -0.25) is 5.84 Å². The molecule has 3 N–H and O–H groups in total. The Labute approximate surface area is 136 Å². The van der Waals surface area contributed by atoms with Crippen LogP contribution in [-0.4, -0.2) is 5.75 Å². The standard InChI is InChI=1S/C16H16N2S3/c17-18-15(12-3-1-2-10-4-7-20-16(10)12)14-8-11-9-19-6-5-13(11)21-14/h1-4,7-8,15,18H,5-6,9,17H2. The Morgan fingerprint density at radius 2 is 2.19 bits per heavy atom. The molecular formula is C16H16N2S3. The number of rotatable bonds is 3. The minimum atomic E-state index is 0.0907. The second kappa shape index (κ2) is 5.74. The van der Waals surface area contributed by atoms with Crippen molar-refractivity contribution in [2.24, 2.45) is 5.84 Å². The van der Waals surface area contributed by atoms with E-state index in [1.807, 2.05) is 23.1 Å².